The van der Waals surface area contributed by atoms with Crippen LogP contribution < -0.4 is 5.32 Å². The first-order valence-electron chi connectivity index (χ1n) is 2.99. The summed E-state index contributed by atoms with van der Waals surface area (Å²) in [5.74, 6) is -0.332. The van der Waals surface area contributed by atoms with Crippen molar-refractivity contribution < 1.29 is 4.39 Å². The summed E-state index contributed by atoms with van der Waals surface area (Å²) in [7, 11) is 0. The van der Waals surface area contributed by atoms with Gasteiger partial charge in [0.25, 0.3) is 0 Å². The van der Waals surface area contributed by atoms with Gasteiger partial charge in [-0.3, -0.25) is 0 Å². The fourth-order valence-corrected chi connectivity index (χ4v) is 0.730. The topological polar surface area (TPSA) is 35.8 Å². The zero-order valence-electron chi connectivity index (χ0n) is 5.39. The highest BCUT2D eigenvalue weighted by Crippen LogP contribution is 2.06. The van der Waals surface area contributed by atoms with Crippen molar-refractivity contribution in [2.45, 2.75) is 6.42 Å². The Morgan fingerprint density at radius 3 is 3.00 bits per heavy atom. The van der Waals surface area contributed by atoms with E-state index in [2.05, 4.69) is 5.32 Å². The molecule has 1 heterocycles. The van der Waals surface area contributed by atoms with Crippen LogP contribution in [0.5, 0.6) is 0 Å². The van der Waals surface area contributed by atoms with E-state index < -0.39 is 0 Å². The molecule has 0 saturated heterocycles. The van der Waals surface area contributed by atoms with Gasteiger partial charge in [0.2, 0.25) is 0 Å². The molecule has 2 nitrogen and oxygen atoms in total. The molecule has 0 aromatic rings. The third kappa shape index (κ3) is 1.59. The average molecular weight is 138 g/mol. The Morgan fingerprint density at radius 2 is 2.50 bits per heavy atom. The Hall–Kier alpha value is -1.30. The molecule has 0 amide bonds. The lowest BCUT2D eigenvalue weighted by atomic mass is 10.1. The molecule has 0 unspecified atom stereocenters. The largest absolute Gasteiger partial charge is 0.358 e. The second kappa shape index (κ2) is 3.02. The molecular weight excluding hydrogens is 131 g/mol. The Morgan fingerprint density at radius 1 is 1.70 bits per heavy atom. The number of nitrogens with zero attached hydrogens (tertiary/aromatic N) is 1. The summed E-state index contributed by atoms with van der Waals surface area (Å²) in [5.41, 5.74) is 0.920. The van der Waals surface area contributed by atoms with Crippen LogP contribution in [0.2, 0.25) is 0 Å². The van der Waals surface area contributed by atoms with Crippen molar-refractivity contribution in [2.75, 3.05) is 6.54 Å². The van der Waals surface area contributed by atoms with Gasteiger partial charge >= 0.3 is 0 Å². The number of nitriles is 1. The molecule has 52 valence electrons. The number of allylic oxidation sites excluding steroid dienone is 2. The molecule has 0 aromatic heterocycles. The molecule has 0 spiro atoms. The van der Waals surface area contributed by atoms with Crippen LogP contribution in [0.15, 0.2) is 23.7 Å². The predicted octanol–water partition coefficient (Wildman–Crippen LogP) is 1.24. The third-order valence-electron chi connectivity index (χ3n) is 1.26. The monoisotopic (exact) mass is 138 g/mol. The van der Waals surface area contributed by atoms with Gasteiger partial charge in [-0.15, -0.1) is 0 Å². The quantitative estimate of drug-likeness (QED) is 0.553. The minimum Gasteiger partial charge on any atom is -0.358 e. The van der Waals surface area contributed by atoms with Crippen molar-refractivity contribution in [3.8, 4) is 6.07 Å². The van der Waals surface area contributed by atoms with Crippen molar-refractivity contribution in [2.24, 2.45) is 0 Å². The second-order valence-electron chi connectivity index (χ2n) is 2.03. The van der Waals surface area contributed by atoms with Crippen LogP contribution in [-0.2, 0) is 0 Å². The first-order chi connectivity index (χ1) is 4.83. The minimum atomic E-state index is -0.332. The highest BCUT2D eigenvalue weighted by atomic mass is 19.1. The minimum absolute atomic E-state index is 0.332. The number of hydrogen-bond acceptors (Lipinski definition) is 2. The van der Waals surface area contributed by atoms with Crippen LogP contribution in [0.25, 0.3) is 0 Å². The van der Waals surface area contributed by atoms with E-state index in [1.165, 1.54) is 6.08 Å². The molecule has 1 N–H and O–H groups in total. The lowest BCUT2D eigenvalue weighted by Gasteiger charge is -2.08. The number of dihydropyridines is 1. The van der Waals surface area contributed by atoms with E-state index in [0.717, 1.165) is 5.57 Å². The van der Waals surface area contributed by atoms with Crippen molar-refractivity contribution >= 4 is 0 Å². The number of nitrogens with one attached hydrogen (secondary N) is 1. The van der Waals surface area contributed by atoms with E-state index >= 15 is 0 Å². The van der Waals surface area contributed by atoms with E-state index in [1.54, 1.807) is 6.08 Å². The summed E-state index contributed by atoms with van der Waals surface area (Å²) >= 11 is 0. The van der Waals surface area contributed by atoms with Crippen LogP contribution in [0.4, 0.5) is 4.39 Å². The van der Waals surface area contributed by atoms with E-state index in [4.69, 9.17) is 5.26 Å². The van der Waals surface area contributed by atoms with E-state index in [1.807, 2.05) is 6.07 Å². The summed E-state index contributed by atoms with van der Waals surface area (Å²) in [4.78, 5) is 0. The Kier molecular flexibility index (Phi) is 2.06. The van der Waals surface area contributed by atoms with Gasteiger partial charge in [0.05, 0.1) is 12.5 Å². The molecule has 1 rings (SSSR count). The van der Waals surface area contributed by atoms with E-state index in [0.29, 0.717) is 13.0 Å². The van der Waals surface area contributed by atoms with Crippen molar-refractivity contribution in [1.82, 2.24) is 5.32 Å². The van der Waals surface area contributed by atoms with Gasteiger partial charge in [0.1, 0.15) is 0 Å². The first-order valence-corrected chi connectivity index (χ1v) is 2.99. The van der Waals surface area contributed by atoms with Crippen molar-refractivity contribution in [1.29, 1.82) is 5.26 Å². The van der Waals surface area contributed by atoms with Crippen LogP contribution >= 0.6 is 0 Å². The maximum Gasteiger partial charge on any atom is 0.187 e. The lowest BCUT2D eigenvalue weighted by Crippen LogP contribution is -2.16. The van der Waals surface area contributed by atoms with E-state index in [9.17, 15) is 4.39 Å². The van der Waals surface area contributed by atoms with Crippen molar-refractivity contribution in [3.63, 3.8) is 0 Å². The molecule has 0 aromatic carbocycles. The molecule has 3 heteroatoms. The van der Waals surface area contributed by atoms with Crippen LogP contribution in [0.1, 0.15) is 6.42 Å². The van der Waals surface area contributed by atoms with Crippen LogP contribution in [-0.4, -0.2) is 6.54 Å². The van der Waals surface area contributed by atoms with Gasteiger partial charge < -0.3 is 5.32 Å². The van der Waals surface area contributed by atoms with Gasteiger partial charge in [0, 0.05) is 6.54 Å². The lowest BCUT2D eigenvalue weighted by molar-refractivity contribution is 0.549. The summed E-state index contributed by atoms with van der Waals surface area (Å²) in [6.07, 6.45) is 3.34. The van der Waals surface area contributed by atoms with Gasteiger partial charge in [-0.1, -0.05) is 6.08 Å². The summed E-state index contributed by atoms with van der Waals surface area (Å²) in [6, 6.07) is 1.99. The zero-order valence-corrected chi connectivity index (χ0v) is 5.39. The molecule has 0 atom stereocenters. The zero-order chi connectivity index (χ0) is 7.40. The summed E-state index contributed by atoms with van der Waals surface area (Å²) < 4.78 is 12.2. The first kappa shape index (κ1) is 6.81. The fourth-order valence-electron chi connectivity index (χ4n) is 0.730. The molecule has 0 radical (unpaired) electrons. The SMILES string of the molecule is N#CCC1=CC=C(F)NC1. The van der Waals surface area contributed by atoms with Crippen molar-refractivity contribution in [3.05, 3.63) is 23.7 Å². The maximum absolute atomic E-state index is 12.2. The Labute approximate surface area is 58.7 Å². The third-order valence-corrected chi connectivity index (χ3v) is 1.26. The van der Waals surface area contributed by atoms with Crippen LogP contribution in [0, 0.1) is 11.3 Å². The smallest absolute Gasteiger partial charge is 0.187 e. The molecule has 1 aliphatic rings. The standard InChI is InChI=1S/C7H7FN2/c8-7-2-1-6(3-4-9)5-10-7/h1-2,10H,3,5H2. The van der Waals surface area contributed by atoms with Gasteiger partial charge in [-0.2, -0.15) is 9.65 Å². The summed E-state index contributed by atoms with van der Waals surface area (Å²) in [6.45, 7) is 0.454. The maximum atomic E-state index is 12.2. The molecular formula is C7H7FN2. The highest BCUT2D eigenvalue weighted by Gasteiger charge is 2.02. The molecule has 0 bridgehead atoms. The van der Waals surface area contributed by atoms with Crippen LogP contribution in [0.3, 0.4) is 0 Å². The fraction of sp³-hybridized carbons (Fsp3) is 0.286. The predicted molar refractivity (Wildman–Crippen MR) is 35.5 cm³/mol. The highest BCUT2D eigenvalue weighted by molar-refractivity contribution is 5.22. The van der Waals surface area contributed by atoms with Gasteiger partial charge in [-0.05, 0) is 11.6 Å². The Bertz CT molecular complexity index is 222. The number of rotatable bonds is 1. The molecule has 1 aliphatic heterocycles. The normalized spacial score (nSPS) is 16.4. The molecule has 0 saturated carbocycles. The van der Waals surface area contributed by atoms with Gasteiger partial charge in [0.15, 0.2) is 5.95 Å². The molecule has 0 fully saturated rings. The molecule has 0 aliphatic carbocycles. The van der Waals surface area contributed by atoms with Gasteiger partial charge in [-0.25, -0.2) is 0 Å². The second-order valence-corrected chi connectivity index (χ2v) is 2.03. The average Bonchev–Trinajstić information content (AvgIpc) is 1.95. The van der Waals surface area contributed by atoms with E-state index in [-0.39, 0.29) is 5.95 Å². The number of hydrogen-bond donors (Lipinski definition) is 1. The summed E-state index contributed by atoms with van der Waals surface area (Å²) in [5, 5.41) is 10.7. The Balaban J connectivity index is 2.57. The number of halogens is 1. The molecule has 10 heavy (non-hydrogen) atoms.